The molecule has 2 bridgehead atoms. The average molecular weight is 366 g/mol. The van der Waals surface area contributed by atoms with E-state index in [9.17, 15) is 4.79 Å². The molecule has 7 nitrogen and oxygen atoms in total. The summed E-state index contributed by atoms with van der Waals surface area (Å²) in [5.41, 5.74) is -0.471. The van der Waals surface area contributed by atoms with Gasteiger partial charge >= 0.3 is 13.1 Å². The summed E-state index contributed by atoms with van der Waals surface area (Å²) in [6, 6.07) is 0.267. The van der Waals surface area contributed by atoms with Crippen molar-refractivity contribution in [2.24, 2.45) is 0 Å². The molecule has 4 aliphatic rings. The van der Waals surface area contributed by atoms with Crippen LogP contribution in [0.15, 0.2) is 24.3 Å². The SMILES string of the molecule is CB(O)NC1C=C[C@@H](O)CC1.CC(C)(C)OC(=O)N1OC2C=CC1CC2. The molecular weight excluding hydrogens is 335 g/mol. The molecule has 26 heavy (non-hydrogen) atoms. The normalized spacial score (nSPS) is 29.8. The molecule has 1 fully saturated rings. The van der Waals surface area contributed by atoms with Crippen LogP contribution in [0.2, 0.25) is 6.82 Å². The highest BCUT2D eigenvalue weighted by atomic mass is 16.7. The van der Waals surface area contributed by atoms with Crippen LogP contribution in [0.25, 0.3) is 0 Å². The molecule has 2 heterocycles. The minimum absolute atomic E-state index is 0.0440. The first kappa shape index (κ1) is 21.0. The lowest BCUT2D eigenvalue weighted by atomic mass is 9.85. The summed E-state index contributed by atoms with van der Waals surface area (Å²) in [6.07, 6.45) is 10.7. The zero-order chi connectivity index (χ0) is 19.3. The lowest BCUT2D eigenvalue weighted by Gasteiger charge is -2.40. The largest absolute Gasteiger partial charge is 0.442 e. The third-order valence-electron chi connectivity index (χ3n) is 4.21. The molecular formula is C18H31BN2O5. The third-order valence-corrected chi connectivity index (χ3v) is 4.21. The van der Waals surface area contributed by atoms with Gasteiger partial charge in [-0.15, -0.1) is 0 Å². The summed E-state index contributed by atoms with van der Waals surface area (Å²) in [6.45, 7) is 7.24. The fourth-order valence-corrected chi connectivity index (χ4v) is 3.03. The van der Waals surface area contributed by atoms with Crippen molar-refractivity contribution in [2.45, 2.75) is 83.2 Å². The van der Waals surface area contributed by atoms with Crippen molar-refractivity contribution in [3.05, 3.63) is 24.3 Å². The maximum Gasteiger partial charge on any atom is 0.435 e. The van der Waals surface area contributed by atoms with Gasteiger partial charge in [0.05, 0.1) is 12.1 Å². The Bertz CT molecular complexity index is 532. The van der Waals surface area contributed by atoms with Crippen LogP contribution in [-0.4, -0.2) is 58.2 Å². The van der Waals surface area contributed by atoms with Crippen LogP contribution in [0.1, 0.15) is 46.5 Å². The molecule has 2 aliphatic carbocycles. The molecule has 0 saturated carbocycles. The second-order valence-electron chi connectivity index (χ2n) is 7.96. The second-order valence-corrected chi connectivity index (χ2v) is 7.96. The molecule has 4 atom stereocenters. The summed E-state index contributed by atoms with van der Waals surface area (Å²) in [5, 5.41) is 22.4. The van der Waals surface area contributed by atoms with Crippen LogP contribution in [0.4, 0.5) is 4.79 Å². The van der Waals surface area contributed by atoms with E-state index >= 15 is 0 Å². The molecule has 2 aliphatic heterocycles. The first-order chi connectivity index (χ1) is 12.1. The summed E-state index contributed by atoms with van der Waals surface area (Å²) >= 11 is 0. The summed E-state index contributed by atoms with van der Waals surface area (Å²) in [4.78, 5) is 17.2. The van der Waals surface area contributed by atoms with Gasteiger partial charge in [0.2, 0.25) is 0 Å². The van der Waals surface area contributed by atoms with Crippen molar-refractivity contribution in [2.75, 3.05) is 0 Å². The predicted molar refractivity (Wildman–Crippen MR) is 100 cm³/mol. The maximum absolute atomic E-state index is 11.7. The van der Waals surface area contributed by atoms with E-state index in [2.05, 4.69) is 5.23 Å². The lowest BCUT2D eigenvalue weighted by molar-refractivity contribution is -0.214. The minimum Gasteiger partial charge on any atom is -0.442 e. The van der Waals surface area contributed by atoms with E-state index in [0.717, 1.165) is 25.7 Å². The number of hydrogen-bond acceptors (Lipinski definition) is 6. The Morgan fingerprint density at radius 2 is 1.92 bits per heavy atom. The Morgan fingerprint density at radius 1 is 1.19 bits per heavy atom. The van der Waals surface area contributed by atoms with Crippen LogP contribution in [0.3, 0.4) is 0 Å². The van der Waals surface area contributed by atoms with Gasteiger partial charge in [0.1, 0.15) is 11.7 Å². The van der Waals surface area contributed by atoms with Crippen molar-refractivity contribution in [1.29, 1.82) is 0 Å². The number of aliphatic hydroxyl groups excluding tert-OH is 1. The minimum atomic E-state index is -0.472. The molecule has 8 heteroatoms. The second kappa shape index (κ2) is 9.04. The van der Waals surface area contributed by atoms with Crippen molar-refractivity contribution < 1.29 is 24.5 Å². The van der Waals surface area contributed by atoms with Gasteiger partial charge in [0, 0.05) is 6.04 Å². The number of hydroxylamine groups is 2. The quantitative estimate of drug-likeness (QED) is 0.512. The molecule has 3 unspecified atom stereocenters. The number of aliphatic hydroxyl groups is 1. The van der Waals surface area contributed by atoms with Gasteiger partial charge in [-0.3, -0.25) is 4.84 Å². The summed E-state index contributed by atoms with van der Waals surface area (Å²) < 4.78 is 5.26. The zero-order valence-electron chi connectivity index (χ0n) is 16.1. The van der Waals surface area contributed by atoms with Gasteiger partial charge in [-0.2, -0.15) is 5.06 Å². The standard InChI is InChI=1S/C11H17NO3.C7H14BNO2/c1-11(2,3)14-10(13)12-8-4-6-9(15-12)7-5-8;1-8(11)9-6-2-4-7(10)5-3-6/h4,6,8-9H,5,7H2,1-3H3;2,4,6-7,9-11H,3,5H2,1H3/t;6?,7-/m.1/s1. The predicted octanol–water partition coefficient (Wildman–Crippen LogP) is 2.02. The third kappa shape index (κ3) is 6.76. The highest BCUT2D eigenvalue weighted by Gasteiger charge is 2.36. The lowest BCUT2D eigenvalue weighted by Crippen LogP contribution is -2.50. The van der Waals surface area contributed by atoms with E-state index in [0.29, 0.717) is 0 Å². The van der Waals surface area contributed by atoms with Gasteiger partial charge in [-0.25, -0.2) is 4.79 Å². The molecule has 0 aromatic rings. The smallest absolute Gasteiger partial charge is 0.435 e. The molecule has 146 valence electrons. The van der Waals surface area contributed by atoms with E-state index in [4.69, 9.17) is 19.7 Å². The van der Waals surface area contributed by atoms with Crippen molar-refractivity contribution in [3.8, 4) is 0 Å². The van der Waals surface area contributed by atoms with Gasteiger partial charge < -0.3 is 20.1 Å². The van der Waals surface area contributed by atoms with E-state index in [-0.39, 0.29) is 30.4 Å². The summed E-state index contributed by atoms with van der Waals surface area (Å²) in [7, 11) is -0.472. The Kier molecular flexibility index (Phi) is 7.28. The molecule has 0 radical (unpaired) electrons. The number of hydrogen-bond donors (Lipinski definition) is 3. The monoisotopic (exact) mass is 366 g/mol. The molecule has 1 saturated heterocycles. The highest BCUT2D eigenvalue weighted by molar-refractivity contribution is 6.45. The van der Waals surface area contributed by atoms with Crippen LogP contribution < -0.4 is 5.23 Å². The number of carbonyl (C=O) groups is 1. The van der Waals surface area contributed by atoms with Gasteiger partial charge in [-0.1, -0.05) is 24.3 Å². The van der Waals surface area contributed by atoms with Crippen LogP contribution in [-0.2, 0) is 9.57 Å². The van der Waals surface area contributed by atoms with Crippen molar-refractivity contribution in [1.82, 2.24) is 10.3 Å². The van der Waals surface area contributed by atoms with Gasteiger partial charge in [0.15, 0.2) is 0 Å². The first-order valence-corrected chi connectivity index (χ1v) is 9.32. The Labute approximate surface area is 156 Å². The highest BCUT2D eigenvalue weighted by Crippen LogP contribution is 2.28. The number of amides is 1. The van der Waals surface area contributed by atoms with Gasteiger partial charge in [0.25, 0.3) is 0 Å². The van der Waals surface area contributed by atoms with Crippen LogP contribution >= 0.6 is 0 Å². The topological polar surface area (TPSA) is 91.3 Å². The molecule has 1 amide bonds. The molecule has 0 spiro atoms. The maximum atomic E-state index is 11.7. The fourth-order valence-electron chi connectivity index (χ4n) is 3.03. The number of ether oxygens (including phenoxy) is 1. The van der Waals surface area contributed by atoms with Crippen LogP contribution in [0, 0.1) is 0 Å². The number of fused-ring (bicyclic) bond motifs is 2. The Balaban J connectivity index is 0.000000197. The van der Waals surface area contributed by atoms with E-state index in [1.807, 2.05) is 39.0 Å². The molecule has 0 aromatic heterocycles. The van der Waals surface area contributed by atoms with E-state index in [1.165, 1.54) is 5.06 Å². The molecule has 3 N–H and O–H groups in total. The number of rotatable bonds is 2. The fraction of sp³-hybridized carbons (Fsp3) is 0.722. The number of nitrogens with one attached hydrogen (secondary N) is 1. The van der Waals surface area contributed by atoms with E-state index in [1.54, 1.807) is 12.9 Å². The number of nitrogens with zero attached hydrogens (tertiary/aromatic N) is 1. The van der Waals surface area contributed by atoms with Gasteiger partial charge in [-0.05, 0) is 53.3 Å². The molecule has 0 aromatic carbocycles. The number of carbonyl (C=O) groups excluding carboxylic acids is 1. The first-order valence-electron chi connectivity index (χ1n) is 9.32. The average Bonchev–Trinajstić information content (AvgIpc) is 2.57. The molecule has 4 rings (SSSR count). The van der Waals surface area contributed by atoms with Crippen LogP contribution in [0.5, 0.6) is 0 Å². The van der Waals surface area contributed by atoms with Crippen molar-refractivity contribution >= 4 is 13.1 Å². The van der Waals surface area contributed by atoms with E-state index < -0.39 is 12.7 Å². The van der Waals surface area contributed by atoms with Crippen molar-refractivity contribution in [3.63, 3.8) is 0 Å². The summed E-state index contributed by atoms with van der Waals surface area (Å²) in [5.74, 6) is 0. The Morgan fingerprint density at radius 3 is 2.35 bits per heavy atom. The Hall–Kier alpha value is -1.35. The zero-order valence-corrected chi connectivity index (χ0v) is 16.1.